The van der Waals surface area contributed by atoms with Gasteiger partial charge in [0.05, 0.1) is 24.9 Å². The Hall–Kier alpha value is -5.03. The van der Waals surface area contributed by atoms with Crippen LogP contribution in [0.2, 0.25) is 0 Å². The van der Waals surface area contributed by atoms with Gasteiger partial charge in [-0.15, -0.1) is 0 Å². The van der Waals surface area contributed by atoms with E-state index in [2.05, 4.69) is 27.1 Å². The van der Waals surface area contributed by atoms with Crippen LogP contribution in [0.5, 0.6) is 17.2 Å². The van der Waals surface area contributed by atoms with Crippen molar-refractivity contribution in [1.29, 1.82) is 0 Å². The van der Waals surface area contributed by atoms with Crippen LogP contribution in [0, 0.1) is 6.92 Å². The lowest BCUT2D eigenvalue weighted by Crippen LogP contribution is -2.28. The standard InChI is InChI=1S/C34H37N3O7S/c1-25-31(36-45(2,41)42)12-7-13-32(25)37(23-26-8-4-3-5-9-26)24-27-14-16-28(17-15-27)44-30-11-6-10-29(22-30)43-21-20-35-33(38)18-19-34(39)40/h3-17,22,36H,18-21,23-24H2,1-2H3,(H,35,38)(H,39,40). The topological polar surface area (TPSA) is 134 Å². The molecule has 0 aromatic heterocycles. The number of amides is 1. The van der Waals surface area contributed by atoms with Crippen molar-refractivity contribution in [1.82, 2.24) is 5.32 Å². The molecule has 0 atom stereocenters. The number of nitrogens with one attached hydrogen (secondary N) is 2. The second kappa shape index (κ2) is 15.6. The molecule has 4 aromatic rings. The lowest BCUT2D eigenvalue weighted by atomic mass is 10.1. The van der Waals surface area contributed by atoms with E-state index >= 15 is 0 Å². The second-order valence-corrected chi connectivity index (χ2v) is 12.2. The van der Waals surface area contributed by atoms with Crippen molar-refractivity contribution in [2.45, 2.75) is 32.9 Å². The number of benzene rings is 4. The van der Waals surface area contributed by atoms with Gasteiger partial charge in [-0.25, -0.2) is 8.42 Å². The molecule has 0 radical (unpaired) electrons. The molecule has 0 fully saturated rings. The summed E-state index contributed by atoms with van der Waals surface area (Å²) in [4.78, 5) is 24.4. The molecule has 0 spiro atoms. The fourth-order valence-electron chi connectivity index (χ4n) is 4.62. The van der Waals surface area contributed by atoms with Gasteiger partial charge in [-0.3, -0.25) is 14.3 Å². The third-order valence-electron chi connectivity index (χ3n) is 6.75. The van der Waals surface area contributed by atoms with E-state index in [1.54, 1.807) is 24.3 Å². The van der Waals surface area contributed by atoms with E-state index in [1.807, 2.05) is 67.6 Å². The first-order valence-corrected chi connectivity index (χ1v) is 16.3. The van der Waals surface area contributed by atoms with Gasteiger partial charge in [0.1, 0.15) is 23.9 Å². The quantitative estimate of drug-likeness (QED) is 0.134. The van der Waals surface area contributed by atoms with Gasteiger partial charge in [-0.2, -0.15) is 0 Å². The summed E-state index contributed by atoms with van der Waals surface area (Å²) in [5, 5.41) is 11.3. The Morgan fingerprint density at radius 1 is 0.800 bits per heavy atom. The molecule has 45 heavy (non-hydrogen) atoms. The van der Waals surface area contributed by atoms with Crippen molar-refractivity contribution in [2.75, 3.05) is 29.0 Å². The predicted octanol–water partition coefficient (Wildman–Crippen LogP) is 5.73. The molecule has 1 amide bonds. The van der Waals surface area contributed by atoms with Crippen molar-refractivity contribution in [3.8, 4) is 17.2 Å². The predicted molar refractivity (Wildman–Crippen MR) is 174 cm³/mol. The van der Waals surface area contributed by atoms with Crippen LogP contribution in [0.25, 0.3) is 0 Å². The van der Waals surface area contributed by atoms with Gasteiger partial charge in [-0.1, -0.05) is 54.6 Å². The van der Waals surface area contributed by atoms with Gasteiger partial charge >= 0.3 is 5.97 Å². The molecule has 3 N–H and O–H groups in total. The van der Waals surface area contributed by atoms with Crippen LogP contribution >= 0.6 is 0 Å². The lowest BCUT2D eigenvalue weighted by molar-refractivity contribution is -0.138. The number of carbonyl (C=O) groups excluding carboxylic acids is 1. The highest BCUT2D eigenvalue weighted by atomic mass is 32.2. The van der Waals surface area contributed by atoms with E-state index in [0.29, 0.717) is 36.0 Å². The fourth-order valence-corrected chi connectivity index (χ4v) is 5.24. The highest BCUT2D eigenvalue weighted by molar-refractivity contribution is 7.92. The van der Waals surface area contributed by atoms with E-state index in [-0.39, 0.29) is 31.9 Å². The fraction of sp³-hybridized carbons (Fsp3) is 0.235. The summed E-state index contributed by atoms with van der Waals surface area (Å²) in [6, 6.07) is 30.6. The largest absolute Gasteiger partial charge is 0.492 e. The molecule has 0 aliphatic rings. The van der Waals surface area contributed by atoms with Gasteiger partial charge in [0.2, 0.25) is 15.9 Å². The summed E-state index contributed by atoms with van der Waals surface area (Å²) >= 11 is 0. The summed E-state index contributed by atoms with van der Waals surface area (Å²) in [7, 11) is -3.43. The summed E-state index contributed by atoms with van der Waals surface area (Å²) in [6.07, 6.45) is 0.861. The number of hydrogen-bond donors (Lipinski definition) is 3. The smallest absolute Gasteiger partial charge is 0.303 e. The van der Waals surface area contributed by atoms with Crippen LogP contribution in [0.1, 0.15) is 29.5 Å². The molecule has 0 saturated carbocycles. The minimum Gasteiger partial charge on any atom is -0.492 e. The number of carboxylic acid groups (broad SMARTS) is 1. The van der Waals surface area contributed by atoms with Gasteiger partial charge in [0, 0.05) is 31.3 Å². The van der Waals surface area contributed by atoms with Crippen molar-refractivity contribution in [2.24, 2.45) is 0 Å². The number of sulfonamides is 1. The molecule has 0 aliphatic carbocycles. The molecule has 0 aliphatic heterocycles. The van der Waals surface area contributed by atoms with Crippen LogP contribution in [-0.4, -0.2) is 44.8 Å². The van der Waals surface area contributed by atoms with Crippen LogP contribution in [0.4, 0.5) is 11.4 Å². The Morgan fingerprint density at radius 3 is 2.16 bits per heavy atom. The lowest BCUT2D eigenvalue weighted by Gasteiger charge is -2.28. The molecule has 236 valence electrons. The number of ether oxygens (including phenoxy) is 2. The Morgan fingerprint density at radius 2 is 1.47 bits per heavy atom. The summed E-state index contributed by atoms with van der Waals surface area (Å²) < 4.78 is 38.3. The van der Waals surface area contributed by atoms with Crippen LogP contribution < -0.4 is 24.4 Å². The first-order chi connectivity index (χ1) is 21.6. The minimum absolute atomic E-state index is 0.0712. The number of nitrogens with zero attached hydrogens (tertiary/aromatic N) is 1. The number of rotatable bonds is 16. The second-order valence-electron chi connectivity index (χ2n) is 10.5. The van der Waals surface area contributed by atoms with Gasteiger partial charge in [0.25, 0.3) is 0 Å². The number of carboxylic acids is 1. The molecule has 4 aromatic carbocycles. The summed E-state index contributed by atoms with van der Waals surface area (Å²) in [6.45, 7) is 3.59. The molecule has 0 saturated heterocycles. The maximum atomic E-state index is 11.9. The number of aliphatic carboxylic acids is 1. The average Bonchev–Trinajstić information content (AvgIpc) is 3.00. The third-order valence-corrected chi connectivity index (χ3v) is 7.35. The summed E-state index contributed by atoms with van der Waals surface area (Å²) in [5.74, 6) is 0.453. The molecule has 11 heteroatoms. The molecule has 0 unspecified atom stereocenters. The third kappa shape index (κ3) is 10.9. The number of carbonyl (C=O) groups is 2. The van der Waals surface area contributed by atoms with E-state index in [0.717, 1.165) is 28.6 Å². The van der Waals surface area contributed by atoms with Crippen LogP contribution in [-0.2, 0) is 32.7 Å². The Kier molecular flexibility index (Phi) is 11.4. The molecular weight excluding hydrogens is 594 g/mol. The molecule has 4 rings (SSSR count). The number of hydrogen-bond acceptors (Lipinski definition) is 7. The summed E-state index contributed by atoms with van der Waals surface area (Å²) in [5.41, 5.74) is 4.47. The van der Waals surface area contributed by atoms with E-state index in [9.17, 15) is 18.0 Å². The first-order valence-electron chi connectivity index (χ1n) is 14.4. The van der Waals surface area contributed by atoms with Crippen molar-refractivity contribution >= 4 is 33.3 Å². The maximum absolute atomic E-state index is 11.9. The van der Waals surface area contributed by atoms with E-state index < -0.39 is 16.0 Å². The molecular formula is C34H37N3O7S. The van der Waals surface area contributed by atoms with Crippen molar-refractivity contribution < 1.29 is 32.6 Å². The van der Waals surface area contributed by atoms with Gasteiger partial charge < -0.3 is 24.8 Å². The van der Waals surface area contributed by atoms with Crippen molar-refractivity contribution in [3.63, 3.8) is 0 Å². The zero-order valence-corrected chi connectivity index (χ0v) is 26.0. The monoisotopic (exact) mass is 631 g/mol. The normalized spacial score (nSPS) is 11.0. The zero-order valence-electron chi connectivity index (χ0n) is 25.2. The van der Waals surface area contributed by atoms with E-state index in [1.165, 1.54) is 0 Å². The first kappa shape index (κ1) is 32.9. The average molecular weight is 632 g/mol. The molecule has 0 bridgehead atoms. The Bertz CT molecular complexity index is 1690. The Balaban J connectivity index is 1.40. The SMILES string of the molecule is Cc1c(NS(C)(=O)=O)cccc1N(Cc1ccccc1)Cc1ccc(Oc2cccc(OCCNC(=O)CCC(=O)O)c2)cc1. The highest BCUT2D eigenvalue weighted by Crippen LogP contribution is 2.31. The Labute approximate surface area is 263 Å². The van der Waals surface area contributed by atoms with Gasteiger partial charge in [-0.05, 0) is 60.0 Å². The minimum atomic E-state index is -3.43. The molecule has 0 heterocycles. The van der Waals surface area contributed by atoms with Crippen molar-refractivity contribution in [3.05, 3.63) is 114 Å². The molecule has 10 nitrogen and oxygen atoms in total. The van der Waals surface area contributed by atoms with Gasteiger partial charge in [0.15, 0.2) is 0 Å². The maximum Gasteiger partial charge on any atom is 0.303 e. The number of anilines is 2. The zero-order chi connectivity index (χ0) is 32.2. The van der Waals surface area contributed by atoms with E-state index in [4.69, 9.17) is 14.6 Å². The van der Waals surface area contributed by atoms with Crippen LogP contribution in [0.15, 0.2) is 97.1 Å². The highest BCUT2D eigenvalue weighted by Gasteiger charge is 2.15. The van der Waals surface area contributed by atoms with Crippen LogP contribution in [0.3, 0.4) is 0 Å².